The van der Waals surface area contributed by atoms with Crippen molar-refractivity contribution in [3.8, 4) is 0 Å². The first-order chi connectivity index (χ1) is 9.06. The first kappa shape index (κ1) is 12.0. The molecule has 2 amide bonds. The Kier molecular flexibility index (Phi) is 2.69. The number of anilines is 1. The predicted molar refractivity (Wildman–Crippen MR) is 66.6 cm³/mol. The molecule has 2 saturated heterocycles. The maximum atomic E-state index is 12.2. The van der Waals surface area contributed by atoms with Gasteiger partial charge in [0.25, 0.3) is 0 Å². The zero-order valence-electron chi connectivity index (χ0n) is 10.6. The van der Waals surface area contributed by atoms with Gasteiger partial charge in [-0.05, 0) is 19.3 Å². The van der Waals surface area contributed by atoms with Crippen LogP contribution >= 0.6 is 0 Å². The highest BCUT2D eigenvalue weighted by Gasteiger charge is 2.51. The molecule has 7 heteroatoms. The molecule has 19 heavy (non-hydrogen) atoms. The lowest BCUT2D eigenvalue weighted by Crippen LogP contribution is -2.40. The van der Waals surface area contributed by atoms with E-state index in [0.29, 0.717) is 12.1 Å². The third-order valence-corrected chi connectivity index (χ3v) is 4.04. The van der Waals surface area contributed by atoms with Gasteiger partial charge in [-0.15, -0.1) is 0 Å². The third-order valence-electron chi connectivity index (χ3n) is 4.04. The number of aliphatic carboxylic acids is 1. The lowest BCUT2D eigenvalue weighted by Gasteiger charge is -2.22. The van der Waals surface area contributed by atoms with Crippen LogP contribution in [0.5, 0.6) is 0 Å². The van der Waals surface area contributed by atoms with Crippen LogP contribution in [0.15, 0.2) is 12.4 Å². The lowest BCUT2D eigenvalue weighted by molar-refractivity contribution is -0.142. The first-order valence-electron chi connectivity index (χ1n) is 6.37. The topological polar surface area (TPSA) is 87.5 Å². The van der Waals surface area contributed by atoms with Crippen molar-refractivity contribution in [1.29, 1.82) is 0 Å². The fourth-order valence-electron chi connectivity index (χ4n) is 3.24. The number of aryl methyl sites for hydroxylation is 1. The van der Waals surface area contributed by atoms with E-state index in [9.17, 15) is 9.59 Å². The number of rotatable bonds is 2. The summed E-state index contributed by atoms with van der Waals surface area (Å²) in [6.07, 6.45) is 5.53. The summed E-state index contributed by atoms with van der Waals surface area (Å²) in [5.41, 5.74) is 0.630. The molecular formula is C12H16N4O3. The molecule has 2 bridgehead atoms. The van der Waals surface area contributed by atoms with Crippen LogP contribution in [0.1, 0.15) is 19.3 Å². The Morgan fingerprint density at radius 3 is 2.84 bits per heavy atom. The SMILES string of the molecule is Cn1cc(NC(=O)N2C3CCC2C(C(=O)O)C3)cn1. The van der Waals surface area contributed by atoms with Crippen LogP contribution in [0.3, 0.4) is 0 Å². The zero-order valence-corrected chi connectivity index (χ0v) is 10.6. The number of amides is 2. The van der Waals surface area contributed by atoms with Crippen molar-refractivity contribution in [1.82, 2.24) is 14.7 Å². The number of carbonyl (C=O) groups excluding carboxylic acids is 1. The Morgan fingerprint density at radius 1 is 1.47 bits per heavy atom. The molecule has 2 aliphatic rings. The molecule has 3 rings (SSSR count). The Hall–Kier alpha value is -2.05. The number of nitrogens with zero attached hydrogens (tertiary/aromatic N) is 3. The van der Waals surface area contributed by atoms with Gasteiger partial charge in [0.1, 0.15) is 0 Å². The summed E-state index contributed by atoms with van der Waals surface area (Å²) in [4.78, 5) is 25.1. The first-order valence-corrected chi connectivity index (χ1v) is 6.37. The second kappa shape index (κ2) is 4.25. The molecule has 2 fully saturated rings. The number of carboxylic acids is 1. The van der Waals surface area contributed by atoms with Crippen molar-refractivity contribution < 1.29 is 14.7 Å². The highest BCUT2D eigenvalue weighted by Crippen LogP contribution is 2.42. The molecule has 3 heterocycles. The average molecular weight is 264 g/mol. The Morgan fingerprint density at radius 2 is 2.26 bits per heavy atom. The number of nitrogens with one attached hydrogen (secondary N) is 1. The van der Waals surface area contributed by atoms with E-state index < -0.39 is 11.9 Å². The summed E-state index contributed by atoms with van der Waals surface area (Å²) in [6, 6.07) is -0.328. The largest absolute Gasteiger partial charge is 0.481 e. The molecule has 2 aliphatic heterocycles. The maximum absolute atomic E-state index is 12.2. The number of hydrogen-bond donors (Lipinski definition) is 2. The monoisotopic (exact) mass is 264 g/mol. The van der Waals surface area contributed by atoms with Crippen LogP contribution in [0.2, 0.25) is 0 Å². The van der Waals surface area contributed by atoms with Crippen molar-refractivity contribution in [2.75, 3.05) is 5.32 Å². The average Bonchev–Trinajstić information content (AvgIpc) is 3.02. The standard InChI is InChI=1S/C12H16N4O3/c1-15-6-7(5-13-15)14-12(19)16-8-2-3-10(16)9(4-8)11(17)18/h5-6,8-10H,2-4H2,1H3,(H,14,19)(H,17,18). The number of fused-ring (bicyclic) bond motifs is 2. The lowest BCUT2D eigenvalue weighted by atomic mass is 9.89. The fourth-order valence-corrected chi connectivity index (χ4v) is 3.24. The second-order valence-electron chi connectivity index (χ2n) is 5.22. The van der Waals surface area contributed by atoms with E-state index in [2.05, 4.69) is 10.4 Å². The molecule has 0 radical (unpaired) electrons. The normalized spacial score (nSPS) is 28.7. The van der Waals surface area contributed by atoms with Gasteiger partial charge < -0.3 is 15.3 Å². The minimum absolute atomic E-state index is 0.0581. The van der Waals surface area contributed by atoms with Gasteiger partial charge in [0, 0.05) is 25.3 Å². The van der Waals surface area contributed by atoms with Crippen LogP contribution in [0.4, 0.5) is 10.5 Å². The van der Waals surface area contributed by atoms with Gasteiger partial charge in [0.05, 0.1) is 17.8 Å². The van der Waals surface area contributed by atoms with E-state index in [1.54, 1.807) is 29.0 Å². The molecule has 1 aromatic heterocycles. The minimum atomic E-state index is -0.800. The summed E-state index contributed by atoms with van der Waals surface area (Å²) in [6.45, 7) is 0. The molecule has 102 valence electrons. The third kappa shape index (κ3) is 1.94. The number of hydrogen-bond acceptors (Lipinski definition) is 3. The number of aromatic nitrogens is 2. The van der Waals surface area contributed by atoms with E-state index >= 15 is 0 Å². The Labute approximate surface area is 110 Å². The smallest absolute Gasteiger partial charge is 0.322 e. The fraction of sp³-hybridized carbons (Fsp3) is 0.583. The molecule has 0 spiro atoms. The molecule has 7 nitrogen and oxygen atoms in total. The highest BCUT2D eigenvalue weighted by atomic mass is 16.4. The van der Waals surface area contributed by atoms with Gasteiger partial charge in [-0.1, -0.05) is 0 Å². The number of carboxylic acid groups (broad SMARTS) is 1. The summed E-state index contributed by atoms with van der Waals surface area (Å²) >= 11 is 0. The Bertz CT molecular complexity index is 527. The molecule has 1 aromatic rings. The van der Waals surface area contributed by atoms with Gasteiger partial charge in [-0.25, -0.2) is 4.79 Å². The maximum Gasteiger partial charge on any atom is 0.322 e. The summed E-state index contributed by atoms with van der Waals surface area (Å²) in [7, 11) is 1.77. The summed E-state index contributed by atoms with van der Waals surface area (Å²) < 4.78 is 1.61. The van der Waals surface area contributed by atoms with E-state index in [1.807, 2.05) is 0 Å². The van der Waals surface area contributed by atoms with Crippen LogP contribution in [0.25, 0.3) is 0 Å². The van der Waals surface area contributed by atoms with Crippen LogP contribution in [-0.4, -0.2) is 43.9 Å². The number of urea groups is 1. The van der Waals surface area contributed by atoms with Crippen molar-refractivity contribution >= 4 is 17.7 Å². The van der Waals surface area contributed by atoms with Gasteiger partial charge in [0.2, 0.25) is 0 Å². The van der Waals surface area contributed by atoms with Crippen LogP contribution in [-0.2, 0) is 11.8 Å². The quantitative estimate of drug-likeness (QED) is 0.830. The van der Waals surface area contributed by atoms with E-state index in [4.69, 9.17) is 5.11 Å². The molecule has 3 unspecified atom stereocenters. The van der Waals surface area contributed by atoms with E-state index in [0.717, 1.165) is 12.8 Å². The van der Waals surface area contributed by atoms with Crippen molar-refractivity contribution in [2.24, 2.45) is 13.0 Å². The van der Waals surface area contributed by atoms with Gasteiger partial charge in [0.15, 0.2) is 0 Å². The predicted octanol–water partition coefficient (Wildman–Crippen LogP) is 0.889. The van der Waals surface area contributed by atoms with Crippen LogP contribution in [0, 0.1) is 5.92 Å². The van der Waals surface area contributed by atoms with Crippen molar-refractivity contribution in [3.05, 3.63) is 12.4 Å². The van der Waals surface area contributed by atoms with Crippen molar-refractivity contribution in [3.63, 3.8) is 0 Å². The molecule has 2 N–H and O–H groups in total. The molecule has 0 aliphatic carbocycles. The Balaban J connectivity index is 1.72. The van der Waals surface area contributed by atoms with Crippen molar-refractivity contribution in [2.45, 2.75) is 31.3 Å². The minimum Gasteiger partial charge on any atom is -0.481 e. The molecular weight excluding hydrogens is 248 g/mol. The van der Waals surface area contributed by atoms with E-state index in [1.165, 1.54) is 0 Å². The van der Waals surface area contributed by atoms with Crippen LogP contribution < -0.4 is 5.32 Å². The summed E-state index contributed by atoms with van der Waals surface area (Å²) in [5.74, 6) is -1.22. The zero-order chi connectivity index (χ0) is 13.6. The molecule has 0 saturated carbocycles. The molecule has 0 aromatic carbocycles. The van der Waals surface area contributed by atoms with Gasteiger partial charge in [-0.3, -0.25) is 9.48 Å². The van der Waals surface area contributed by atoms with Gasteiger partial charge >= 0.3 is 12.0 Å². The van der Waals surface area contributed by atoms with E-state index in [-0.39, 0.29) is 18.1 Å². The molecule has 3 atom stereocenters. The van der Waals surface area contributed by atoms with Gasteiger partial charge in [-0.2, -0.15) is 5.10 Å². The summed E-state index contributed by atoms with van der Waals surface area (Å²) in [5, 5.41) is 15.9. The number of carbonyl (C=O) groups is 2. The second-order valence-corrected chi connectivity index (χ2v) is 5.22. The highest BCUT2D eigenvalue weighted by molar-refractivity contribution is 5.90.